The van der Waals surface area contributed by atoms with E-state index < -0.39 is 0 Å². The Morgan fingerprint density at radius 1 is 0.905 bits per heavy atom. The highest BCUT2D eigenvalue weighted by molar-refractivity contribution is 9.10. The first kappa shape index (κ1) is 13.6. The summed E-state index contributed by atoms with van der Waals surface area (Å²) in [5.74, 6) is 0. The summed E-state index contributed by atoms with van der Waals surface area (Å²) in [6, 6.07) is 24.4. The van der Waals surface area contributed by atoms with E-state index in [2.05, 4.69) is 34.1 Å². The lowest BCUT2D eigenvalue weighted by Gasteiger charge is -2.07. The van der Waals surface area contributed by atoms with Gasteiger partial charge in [-0.25, -0.2) is 0 Å². The van der Waals surface area contributed by atoms with Crippen LogP contribution in [0.4, 0.5) is 0 Å². The molecule has 0 saturated heterocycles. The lowest BCUT2D eigenvalue weighted by Crippen LogP contribution is -1.86. The second kappa shape index (κ2) is 5.95. The molecule has 0 saturated carbocycles. The molecule has 0 amide bonds. The Morgan fingerprint density at radius 3 is 2.38 bits per heavy atom. The largest absolute Gasteiger partial charge is 0.192 e. The molecule has 1 nitrogen and oxygen atoms in total. The van der Waals surface area contributed by atoms with E-state index in [1.165, 1.54) is 0 Å². The van der Waals surface area contributed by atoms with Gasteiger partial charge in [-0.3, -0.25) is 0 Å². The van der Waals surface area contributed by atoms with Crippen molar-refractivity contribution in [2.75, 3.05) is 0 Å². The molecule has 3 aromatic carbocycles. The highest BCUT2D eigenvalue weighted by Gasteiger charge is 2.09. The van der Waals surface area contributed by atoms with Crippen molar-refractivity contribution < 1.29 is 0 Å². The number of benzene rings is 3. The number of fused-ring (bicyclic) bond motifs is 1. The van der Waals surface area contributed by atoms with Gasteiger partial charge >= 0.3 is 0 Å². The van der Waals surface area contributed by atoms with E-state index in [0.29, 0.717) is 5.57 Å². The maximum absolute atomic E-state index is 9.50. The maximum Gasteiger partial charge on any atom is 0.0998 e. The minimum Gasteiger partial charge on any atom is -0.192 e. The monoisotopic (exact) mass is 333 g/mol. The van der Waals surface area contributed by atoms with Gasteiger partial charge in [-0.15, -0.1) is 0 Å². The first-order chi connectivity index (χ1) is 10.3. The summed E-state index contributed by atoms with van der Waals surface area (Å²) in [6.07, 6.45) is 1.91. The van der Waals surface area contributed by atoms with Crippen LogP contribution >= 0.6 is 15.9 Å². The first-order valence-electron chi connectivity index (χ1n) is 6.64. The van der Waals surface area contributed by atoms with Crippen molar-refractivity contribution in [1.82, 2.24) is 0 Å². The predicted octanol–water partition coefficient (Wildman–Crippen LogP) is 5.67. The van der Waals surface area contributed by atoms with Crippen LogP contribution in [0, 0.1) is 11.3 Å². The fraction of sp³-hybridized carbons (Fsp3) is 0. The zero-order valence-corrected chi connectivity index (χ0v) is 12.8. The summed E-state index contributed by atoms with van der Waals surface area (Å²) in [4.78, 5) is 0. The Morgan fingerprint density at radius 2 is 1.62 bits per heavy atom. The normalized spacial score (nSPS) is 11.3. The van der Waals surface area contributed by atoms with Gasteiger partial charge < -0.3 is 0 Å². The molecule has 2 heteroatoms. The molecule has 0 aliphatic heterocycles. The van der Waals surface area contributed by atoms with Crippen LogP contribution in [0.3, 0.4) is 0 Å². The Hall–Kier alpha value is -2.37. The molecular weight excluding hydrogens is 322 g/mol. The van der Waals surface area contributed by atoms with Crippen molar-refractivity contribution in [3.63, 3.8) is 0 Å². The lowest BCUT2D eigenvalue weighted by molar-refractivity contribution is 1.52. The first-order valence-corrected chi connectivity index (χ1v) is 7.43. The molecule has 0 bridgehead atoms. The quantitative estimate of drug-likeness (QED) is 0.438. The summed E-state index contributed by atoms with van der Waals surface area (Å²) < 4.78 is 0.962. The SMILES string of the molecule is N#C/C(=C/c1ccccc1)c1ccc2ccccc2c1Br. The van der Waals surface area contributed by atoms with Gasteiger partial charge in [0.2, 0.25) is 0 Å². The van der Waals surface area contributed by atoms with Gasteiger partial charge in [0.15, 0.2) is 0 Å². The van der Waals surface area contributed by atoms with Gasteiger partial charge in [-0.1, -0.05) is 66.7 Å². The van der Waals surface area contributed by atoms with Crippen molar-refractivity contribution in [3.05, 3.63) is 82.3 Å². The number of allylic oxidation sites excluding steroid dienone is 1. The van der Waals surface area contributed by atoms with E-state index in [0.717, 1.165) is 26.4 Å². The van der Waals surface area contributed by atoms with Crippen LogP contribution in [0.1, 0.15) is 11.1 Å². The third kappa shape index (κ3) is 2.74. The number of hydrogen-bond acceptors (Lipinski definition) is 1. The highest BCUT2D eigenvalue weighted by atomic mass is 79.9. The van der Waals surface area contributed by atoms with E-state index in [9.17, 15) is 5.26 Å². The van der Waals surface area contributed by atoms with Gasteiger partial charge in [-0.05, 0) is 38.3 Å². The maximum atomic E-state index is 9.50. The fourth-order valence-electron chi connectivity index (χ4n) is 2.33. The van der Waals surface area contributed by atoms with Crippen LogP contribution < -0.4 is 0 Å². The van der Waals surface area contributed by atoms with Crippen molar-refractivity contribution >= 4 is 38.4 Å². The van der Waals surface area contributed by atoms with Crippen LogP contribution in [0.5, 0.6) is 0 Å². The van der Waals surface area contributed by atoms with Crippen LogP contribution in [0.15, 0.2) is 71.2 Å². The van der Waals surface area contributed by atoms with E-state index in [4.69, 9.17) is 0 Å². The molecule has 0 N–H and O–H groups in total. The van der Waals surface area contributed by atoms with Crippen LogP contribution in [0.25, 0.3) is 22.4 Å². The minimum absolute atomic E-state index is 0.652. The van der Waals surface area contributed by atoms with Crippen LogP contribution in [-0.4, -0.2) is 0 Å². The Balaban J connectivity index is 2.17. The number of rotatable bonds is 2. The Labute approximate surface area is 132 Å². The van der Waals surface area contributed by atoms with Crippen molar-refractivity contribution in [3.8, 4) is 6.07 Å². The van der Waals surface area contributed by atoms with E-state index in [1.807, 2.05) is 60.7 Å². The third-order valence-corrected chi connectivity index (χ3v) is 4.24. The summed E-state index contributed by atoms with van der Waals surface area (Å²) in [5, 5.41) is 11.8. The fourth-order valence-corrected chi connectivity index (χ4v) is 3.03. The van der Waals surface area contributed by atoms with Gasteiger partial charge in [0.05, 0.1) is 11.6 Å². The number of halogens is 1. The summed E-state index contributed by atoms with van der Waals surface area (Å²) in [7, 11) is 0. The second-order valence-electron chi connectivity index (χ2n) is 4.73. The molecule has 0 radical (unpaired) electrons. The van der Waals surface area contributed by atoms with Crippen LogP contribution in [-0.2, 0) is 0 Å². The van der Waals surface area contributed by atoms with Crippen molar-refractivity contribution in [1.29, 1.82) is 5.26 Å². The van der Waals surface area contributed by atoms with Gasteiger partial charge in [0, 0.05) is 10.0 Å². The molecule has 0 aromatic heterocycles. The zero-order valence-electron chi connectivity index (χ0n) is 11.3. The molecular formula is C19H12BrN. The van der Waals surface area contributed by atoms with Crippen molar-refractivity contribution in [2.45, 2.75) is 0 Å². The molecule has 21 heavy (non-hydrogen) atoms. The molecule has 0 aliphatic rings. The van der Waals surface area contributed by atoms with E-state index >= 15 is 0 Å². The highest BCUT2D eigenvalue weighted by Crippen LogP contribution is 2.32. The van der Waals surface area contributed by atoms with Gasteiger partial charge in [0.25, 0.3) is 0 Å². The Kier molecular flexibility index (Phi) is 3.85. The number of nitriles is 1. The molecule has 3 aromatic rings. The smallest absolute Gasteiger partial charge is 0.0998 e. The number of hydrogen-bond donors (Lipinski definition) is 0. The average molecular weight is 334 g/mol. The van der Waals surface area contributed by atoms with Crippen molar-refractivity contribution in [2.24, 2.45) is 0 Å². The third-order valence-electron chi connectivity index (χ3n) is 3.38. The standard InChI is InChI=1S/C19H12BrN/c20-19-17-9-5-4-8-15(17)10-11-18(19)16(13-21)12-14-6-2-1-3-7-14/h1-12H/b16-12-. The Bertz CT molecular complexity index is 858. The molecule has 0 spiro atoms. The molecule has 0 atom stereocenters. The molecule has 0 heterocycles. The predicted molar refractivity (Wildman–Crippen MR) is 91.6 cm³/mol. The number of nitrogens with zero attached hydrogens (tertiary/aromatic N) is 1. The summed E-state index contributed by atoms with van der Waals surface area (Å²) in [6.45, 7) is 0. The summed E-state index contributed by atoms with van der Waals surface area (Å²) in [5.41, 5.74) is 2.59. The second-order valence-corrected chi connectivity index (χ2v) is 5.52. The van der Waals surface area contributed by atoms with E-state index in [-0.39, 0.29) is 0 Å². The lowest BCUT2D eigenvalue weighted by atomic mass is 10.00. The minimum atomic E-state index is 0.652. The molecule has 0 aliphatic carbocycles. The molecule has 0 unspecified atom stereocenters. The zero-order chi connectivity index (χ0) is 14.7. The molecule has 3 rings (SSSR count). The average Bonchev–Trinajstić information content (AvgIpc) is 2.55. The molecule has 100 valence electrons. The van der Waals surface area contributed by atoms with Gasteiger partial charge in [0.1, 0.15) is 0 Å². The van der Waals surface area contributed by atoms with Crippen LogP contribution in [0.2, 0.25) is 0 Å². The topological polar surface area (TPSA) is 23.8 Å². The van der Waals surface area contributed by atoms with Gasteiger partial charge in [-0.2, -0.15) is 5.26 Å². The summed E-state index contributed by atoms with van der Waals surface area (Å²) >= 11 is 3.64. The molecule has 0 fully saturated rings. The van der Waals surface area contributed by atoms with E-state index in [1.54, 1.807) is 0 Å².